The van der Waals surface area contributed by atoms with Gasteiger partial charge in [0.2, 0.25) is 0 Å². The number of hydrogen-bond acceptors (Lipinski definition) is 5. The zero-order valence-electron chi connectivity index (χ0n) is 10.0. The molecule has 1 aromatic heterocycles. The minimum absolute atomic E-state index is 0.0883. The SMILES string of the molecule is Nc1cc2c(=O)[nH]cnc2cc1NCC(O)C(F)(F)F. The van der Waals surface area contributed by atoms with Gasteiger partial charge in [-0.25, -0.2) is 4.98 Å². The highest BCUT2D eigenvalue weighted by Crippen LogP contribution is 2.25. The Balaban J connectivity index is 2.27. The maximum Gasteiger partial charge on any atom is 0.416 e. The number of halogens is 3. The van der Waals surface area contributed by atoms with Crippen molar-refractivity contribution >= 4 is 22.3 Å². The molecular formula is C11H11F3N4O2. The highest BCUT2D eigenvalue weighted by atomic mass is 19.4. The molecule has 2 rings (SSSR count). The Hall–Kier alpha value is -2.29. The third kappa shape index (κ3) is 2.82. The molecule has 20 heavy (non-hydrogen) atoms. The van der Waals surface area contributed by atoms with Crippen LogP contribution in [0.1, 0.15) is 0 Å². The van der Waals surface area contributed by atoms with Gasteiger partial charge in [-0.3, -0.25) is 4.79 Å². The predicted octanol–water partition coefficient (Wildman–Crippen LogP) is 0.840. The van der Waals surface area contributed by atoms with Crippen molar-refractivity contribution in [3.63, 3.8) is 0 Å². The van der Waals surface area contributed by atoms with Gasteiger partial charge in [-0.1, -0.05) is 0 Å². The molecule has 0 saturated carbocycles. The van der Waals surface area contributed by atoms with Crippen LogP contribution < -0.4 is 16.6 Å². The van der Waals surface area contributed by atoms with Gasteiger partial charge < -0.3 is 21.1 Å². The second kappa shape index (κ2) is 5.00. The molecule has 1 unspecified atom stereocenters. The number of hydrogen-bond donors (Lipinski definition) is 4. The summed E-state index contributed by atoms with van der Waals surface area (Å²) in [6, 6.07) is 2.66. The van der Waals surface area contributed by atoms with Gasteiger partial charge in [0.05, 0.1) is 28.6 Å². The van der Waals surface area contributed by atoms with Crippen LogP contribution in [0.25, 0.3) is 10.9 Å². The number of aliphatic hydroxyl groups is 1. The van der Waals surface area contributed by atoms with Crippen molar-refractivity contribution in [2.75, 3.05) is 17.6 Å². The quantitative estimate of drug-likeness (QED) is 0.627. The lowest BCUT2D eigenvalue weighted by molar-refractivity contribution is -0.198. The minimum Gasteiger partial charge on any atom is -0.397 e. The predicted molar refractivity (Wildman–Crippen MR) is 67.3 cm³/mol. The lowest BCUT2D eigenvalue weighted by Gasteiger charge is -2.16. The zero-order valence-corrected chi connectivity index (χ0v) is 10.0. The maximum absolute atomic E-state index is 12.2. The number of nitrogen functional groups attached to an aromatic ring is 1. The van der Waals surface area contributed by atoms with E-state index in [-0.39, 0.29) is 22.3 Å². The van der Waals surface area contributed by atoms with Gasteiger partial charge in [0.1, 0.15) is 0 Å². The molecule has 1 atom stereocenters. The van der Waals surface area contributed by atoms with Crippen LogP contribution in [0.3, 0.4) is 0 Å². The normalized spacial score (nSPS) is 13.4. The van der Waals surface area contributed by atoms with Crippen LogP contribution in [0.2, 0.25) is 0 Å². The molecule has 0 aliphatic heterocycles. The number of alkyl halides is 3. The molecule has 0 amide bonds. The van der Waals surface area contributed by atoms with Gasteiger partial charge in [-0.2, -0.15) is 13.2 Å². The van der Waals surface area contributed by atoms with Crippen LogP contribution in [0.15, 0.2) is 23.3 Å². The number of aromatic nitrogens is 2. The van der Waals surface area contributed by atoms with Crippen LogP contribution in [-0.2, 0) is 0 Å². The van der Waals surface area contributed by atoms with Crippen LogP contribution >= 0.6 is 0 Å². The highest BCUT2D eigenvalue weighted by molar-refractivity contribution is 5.88. The molecule has 0 aliphatic rings. The van der Waals surface area contributed by atoms with Crippen molar-refractivity contribution in [2.24, 2.45) is 0 Å². The highest BCUT2D eigenvalue weighted by Gasteiger charge is 2.37. The van der Waals surface area contributed by atoms with Crippen molar-refractivity contribution in [1.29, 1.82) is 0 Å². The van der Waals surface area contributed by atoms with E-state index < -0.39 is 24.4 Å². The third-order valence-electron chi connectivity index (χ3n) is 2.68. The summed E-state index contributed by atoms with van der Waals surface area (Å²) in [7, 11) is 0. The number of rotatable bonds is 3. The first-order chi connectivity index (χ1) is 9.29. The summed E-state index contributed by atoms with van der Waals surface area (Å²) in [6.07, 6.45) is -6.05. The van der Waals surface area contributed by atoms with E-state index in [1.807, 2.05) is 0 Å². The largest absolute Gasteiger partial charge is 0.416 e. The first-order valence-electron chi connectivity index (χ1n) is 5.54. The number of aromatic amines is 1. The summed E-state index contributed by atoms with van der Waals surface area (Å²) < 4.78 is 36.5. The summed E-state index contributed by atoms with van der Waals surface area (Å²) in [6.45, 7) is -0.748. The molecule has 1 heterocycles. The van der Waals surface area contributed by atoms with Crippen LogP contribution in [0, 0.1) is 0 Å². The molecule has 9 heteroatoms. The number of anilines is 2. The Kier molecular flexibility index (Phi) is 3.53. The summed E-state index contributed by atoms with van der Waals surface area (Å²) in [4.78, 5) is 17.7. The maximum atomic E-state index is 12.2. The average molecular weight is 288 g/mol. The van der Waals surface area contributed by atoms with Gasteiger partial charge in [0.25, 0.3) is 5.56 Å². The number of H-pyrrole nitrogens is 1. The molecule has 0 bridgehead atoms. The van der Waals surface area contributed by atoms with Crippen molar-refractivity contribution in [3.05, 3.63) is 28.8 Å². The van der Waals surface area contributed by atoms with E-state index in [0.717, 1.165) is 0 Å². The number of benzene rings is 1. The second-order valence-electron chi connectivity index (χ2n) is 4.13. The molecule has 5 N–H and O–H groups in total. The molecule has 0 radical (unpaired) electrons. The summed E-state index contributed by atoms with van der Waals surface area (Å²) >= 11 is 0. The van der Waals surface area contributed by atoms with Crippen LogP contribution in [0.5, 0.6) is 0 Å². The van der Waals surface area contributed by atoms with E-state index in [0.29, 0.717) is 0 Å². The topological polar surface area (TPSA) is 104 Å². The molecule has 6 nitrogen and oxygen atoms in total. The van der Waals surface area contributed by atoms with E-state index in [1.54, 1.807) is 0 Å². The van der Waals surface area contributed by atoms with Crippen LogP contribution in [0.4, 0.5) is 24.5 Å². The number of nitrogens with two attached hydrogens (primary N) is 1. The Bertz CT molecular complexity index is 683. The lowest BCUT2D eigenvalue weighted by Crippen LogP contribution is -2.35. The fraction of sp³-hybridized carbons (Fsp3) is 0.273. The van der Waals surface area contributed by atoms with E-state index in [9.17, 15) is 18.0 Å². The van der Waals surface area contributed by atoms with Crippen LogP contribution in [-0.4, -0.2) is 33.9 Å². The number of nitrogens with zero attached hydrogens (tertiary/aromatic N) is 1. The van der Waals surface area contributed by atoms with Gasteiger partial charge in [-0.05, 0) is 12.1 Å². The van der Waals surface area contributed by atoms with Gasteiger partial charge in [0, 0.05) is 6.54 Å². The lowest BCUT2D eigenvalue weighted by atomic mass is 10.2. The van der Waals surface area contributed by atoms with Crippen molar-refractivity contribution in [2.45, 2.75) is 12.3 Å². The molecule has 0 fully saturated rings. The second-order valence-corrected chi connectivity index (χ2v) is 4.13. The zero-order chi connectivity index (χ0) is 14.9. The first kappa shape index (κ1) is 14.1. The van der Waals surface area contributed by atoms with Gasteiger partial charge in [-0.15, -0.1) is 0 Å². The minimum atomic E-state index is -4.71. The summed E-state index contributed by atoms with van der Waals surface area (Å²) in [5.41, 5.74) is 5.78. The molecule has 108 valence electrons. The summed E-state index contributed by atoms with van der Waals surface area (Å²) in [5.74, 6) is 0. The standard InChI is InChI=1S/C11H11F3N4O2/c12-11(13,14)9(19)3-16-8-2-7-5(1-6(8)15)10(20)18-4-17-7/h1-2,4,9,16,19H,3,15H2,(H,17,18,20). The average Bonchev–Trinajstić information content (AvgIpc) is 2.36. The smallest absolute Gasteiger partial charge is 0.397 e. The van der Waals surface area contributed by atoms with Crippen molar-refractivity contribution in [3.8, 4) is 0 Å². The Morgan fingerprint density at radius 2 is 2.15 bits per heavy atom. The summed E-state index contributed by atoms with van der Waals surface area (Å²) in [5, 5.41) is 11.5. The van der Waals surface area contributed by atoms with Crippen molar-refractivity contribution in [1.82, 2.24) is 9.97 Å². The molecular weight excluding hydrogens is 277 g/mol. The van der Waals surface area contributed by atoms with Gasteiger partial charge in [0.15, 0.2) is 6.10 Å². The Labute approximate surface area is 110 Å². The number of nitrogens with one attached hydrogen (secondary N) is 2. The van der Waals surface area contributed by atoms with E-state index in [1.165, 1.54) is 18.5 Å². The van der Waals surface area contributed by atoms with E-state index in [2.05, 4.69) is 15.3 Å². The molecule has 0 aliphatic carbocycles. The fourth-order valence-corrected chi connectivity index (χ4v) is 1.61. The Morgan fingerprint density at radius 3 is 2.80 bits per heavy atom. The monoisotopic (exact) mass is 288 g/mol. The molecule has 0 saturated heterocycles. The first-order valence-corrected chi connectivity index (χ1v) is 5.54. The molecule has 0 spiro atoms. The molecule has 1 aromatic carbocycles. The Morgan fingerprint density at radius 1 is 1.45 bits per heavy atom. The molecule has 2 aromatic rings. The number of fused-ring (bicyclic) bond motifs is 1. The van der Waals surface area contributed by atoms with E-state index >= 15 is 0 Å². The van der Waals surface area contributed by atoms with Crippen molar-refractivity contribution < 1.29 is 18.3 Å². The van der Waals surface area contributed by atoms with Gasteiger partial charge >= 0.3 is 6.18 Å². The third-order valence-corrected chi connectivity index (χ3v) is 2.68. The van der Waals surface area contributed by atoms with E-state index in [4.69, 9.17) is 10.8 Å². The fourth-order valence-electron chi connectivity index (χ4n) is 1.61. The number of aliphatic hydroxyl groups excluding tert-OH is 1.